The number of aryl methyl sites for hydroxylation is 1. The lowest BCUT2D eigenvalue weighted by Gasteiger charge is -2.14. The van der Waals surface area contributed by atoms with Crippen LogP contribution >= 0.6 is 22.9 Å². The summed E-state index contributed by atoms with van der Waals surface area (Å²) in [6.45, 7) is 3.22. The summed E-state index contributed by atoms with van der Waals surface area (Å²) in [4.78, 5) is 12.7. The second-order valence-electron chi connectivity index (χ2n) is 7.00. The number of nitrogens with one attached hydrogen (secondary N) is 2. The molecule has 2 aromatic heterocycles. The zero-order chi connectivity index (χ0) is 23.0. The van der Waals surface area contributed by atoms with Gasteiger partial charge in [0.25, 0.3) is 21.8 Å². The monoisotopic (exact) mass is 499 g/mol. The van der Waals surface area contributed by atoms with E-state index in [9.17, 15) is 18.3 Å². The summed E-state index contributed by atoms with van der Waals surface area (Å²) in [5.41, 5.74) is 1.31. The minimum Gasteiger partial charge on any atom is -0.454 e. The molecule has 1 aliphatic rings. The van der Waals surface area contributed by atoms with Crippen LogP contribution in [0.5, 0.6) is 11.5 Å². The highest BCUT2D eigenvalue weighted by atomic mass is 35.5. The van der Waals surface area contributed by atoms with Crippen molar-refractivity contribution in [3.05, 3.63) is 44.7 Å². The number of halogens is 1. The maximum absolute atomic E-state index is 13.0. The first-order chi connectivity index (χ1) is 15.2. The van der Waals surface area contributed by atoms with Gasteiger partial charge in [-0.05, 0) is 36.9 Å². The number of thiophene rings is 1. The number of carbonyl (C=O) groups excluding carboxylic acids is 1. The summed E-state index contributed by atoms with van der Waals surface area (Å²) < 4.78 is 43.6. The molecule has 3 heterocycles. The van der Waals surface area contributed by atoms with Gasteiger partial charge in [-0.1, -0.05) is 16.8 Å². The van der Waals surface area contributed by atoms with Crippen LogP contribution in [-0.2, 0) is 16.4 Å². The Morgan fingerprint density at radius 1 is 1.34 bits per heavy atom. The van der Waals surface area contributed by atoms with Crippen molar-refractivity contribution in [2.24, 2.45) is 0 Å². The number of benzene rings is 1. The van der Waals surface area contributed by atoms with Gasteiger partial charge in [0.2, 0.25) is 6.79 Å². The largest absolute Gasteiger partial charge is 0.454 e. The van der Waals surface area contributed by atoms with Gasteiger partial charge in [-0.15, -0.1) is 11.3 Å². The van der Waals surface area contributed by atoms with Crippen molar-refractivity contribution in [2.75, 3.05) is 16.8 Å². The number of nitrogens with zero attached hydrogens (tertiary/aromatic N) is 1. The van der Waals surface area contributed by atoms with Crippen molar-refractivity contribution >= 4 is 50.4 Å². The van der Waals surface area contributed by atoms with Crippen LogP contribution in [0.1, 0.15) is 27.9 Å². The Hall–Kier alpha value is -2.80. The first-order valence-electron chi connectivity index (χ1n) is 9.29. The first-order valence-corrected chi connectivity index (χ1v) is 12.0. The van der Waals surface area contributed by atoms with E-state index in [0.29, 0.717) is 28.4 Å². The lowest BCUT2D eigenvalue weighted by molar-refractivity contribution is 0.102. The lowest BCUT2D eigenvalue weighted by atomic mass is 10.1. The quantitative estimate of drug-likeness (QED) is 0.449. The van der Waals surface area contributed by atoms with Crippen LogP contribution in [0.2, 0.25) is 5.02 Å². The van der Waals surface area contributed by atoms with Crippen LogP contribution in [0.4, 0.5) is 11.6 Å². The topological polar surface area (TPSA) is 140 Å². The van der Waals surface area contributed by atoms with Crippen LogP contribution in [-0.4, -0.2) is 37.5 Å². The molecular formula is C19H18ClN3O7S2. The van der Waals surface area contributed by atoms with E-state index in [1.54, 1.807) is 26.0 Å². The van der Waals surface area contributed by atoms with Crippen molar-refractivity contribution in [1.82, 2.24) is 5.16 Å². The van der Waals surface area contributed by atoms with Crippen molar-refractivity contribution < 1.29 is 32.3 Å². The number of anilines is 2. The Morgan fingerprint density at radius 2 is 2.06 bits per heavy atom. The fraction of sp³-hybridized carbons (Fsp3) is 0.263. The van der Waals surface area contributed by atoms with Crippen LogP contribution < -0.4 is 19.5 Å². The van der Waals surface area contributed by atoms with Gasteiger partial charge in [0.15, 0.2) is 11.5 Å². The Labute approximate surface area is 192 Å². The fourth-order valence-electron chi connectivity index (χ4n) is 3.04. The number of sulfonamides is 1. The summed E-state index contributed by atoms with van der Waals surface area (Å²) in [6.07, 6.45) is -0.435. The van der Waals surface area contributed by atoms with Crippen molar-refractivity contribution in [2.45, 2.75) is 31.3 Å². The number of rotatable bonds is 7. The van der Waals surface area contributed by atoms with E-state index in [1.165, 1.54) is 11.4 Å². The molecule has 3 N–H and O–H groups in total. The van der Waals surface area contributed by atoms with Crippen molar-refractivity contribution in [3.8, 4) is 11.5 Å². The number of fused-ring (bicyclic) bond motifs is 1. The number of aliphatic hydroxyl groups is 1. The highest BCUT2D eigenvalue weighted by Crippen LogP contribution is 2.38. The molecule has 10 nitrogen and oxygen atoms in total. The van der Waals surface area contributed by atoms with E-state index >= 15 is 0 Å². The normalized spacial score (nSPS) is 13.8. The Kier molecular flexibility index (Phi) is 6.03. The van der Waals surface area contributed by atoms with Crippen LogP contribution in [0.15, 0.2) is 33.0 Å². The molecule has 0 saturated carbocycles. The SMILES string of the molecule is Cc1noc(NS(=O)(=O)c2ccsc2C(=O)Nc2cc3c(cc2CC(C)O)OCO3)c1Cl. The van der Waals surface area contributed by atoms with E-state index in [0.717, 1.165) is 11.3 Å². The van der Waals surface area contributed by atoms with E-state index in [1.807, 2.05) is 0 Å². The third-order valence-electron chi connectivity index (χ3n) is 4.50. The average Bonchev–Trinajstić information content (AvgIpc) is 3.45. The standard InChI is InChI=1S/C19H18ClN3O7S2/c1-9(24)5-11-6-13-14(29-8-28-13)7-12(11)21-18(25)17-15(3-4-31-17)32(26,27)23-19-16(20)10(2)22-30-19/h3-4,6-7,9,23-24H,5,8H2,1-2H3,(H,21,25). The number of amides is 1. The number of aromatic nitrogens is 1. The number of hydrogen-bond donors (Lipinski definition) is 3. The highest BCUT2D eigenvalue weighted by molar-refractivity contribution is 7.93. The second kappa shape index (κ2) is 8.62. The third-order valence-corrected chi connectivity index (χ3v) is 7.37. The predicted octanol–water partition coefficient (Wildman–Crippen LogP) is 3.40. The molecule has 1 aliphatic heterocycles. The summed E-state index contributed by atoms with van der Waals surface area (Å²) in [6, 6.07) is 4.55. The molecule has 32 heavy (non-hydrogen) atoms. The molecule has 0 fully saturated rings. The average molecular weight is 500 g/mol. The molecule has 13 heteroatoms. The van der Waals surface area contributed by atoms with Crippen molar-refractivity contribution in [3.63, 3.8) is 0 Å². The van der Waals surface area contributed by atoms with Gasteiger partial charge < -0.3 is 24.4 Å². The smallest absolute Gasteiger partial charge is 0.267 e. The molecule has 4 rings (SSSR count). The Balaban J connectivity index is 1.62. The molecule has 1 amide bonds. The van der Waals surface area contributed by atoms with E-state index in [-0.39, 0.29) is 33.9 Å². The Morgan fingerprint density at radius 3 is 2.72 bits per heavy atom. The number of carbonyl (C=O) groups is 1. The summed E-state index contributed by atoms with van der Waals surface area (Å²) in [5.74, 6) is 0.0507. The third kappa shape index (κ3) is 4.39. The number of hydrogen-bond acceptors (Lipinski definition) is 9. The molecule has 0 saturated heterocycles. The summed E-state index contributed by atoms with van der Waals surface area (Å²) in [7, 11) is -4.19. The van der Waals surface area contributed by atoms with E-state index in [4.69, 9.17) is 25.6 Å². The van der Waals surface area contributed by atoms with Crippen LogP contribution in [0, 0.1) is 6.92 Å². The molecule has 0 spiro atoms. The minimum atomic E-state index is -4.19. The molecule has 0 aliphatic carbocycles. The minimum absolute atomic E-state index is 0.0259. The molecule has 0 bridgehead atoms. The summed E-state index contributed by atoms with van der Waals surface area (Å²) in [5, 5.41) is 17.6. The maximum atomic E-state index is 13.0. The fourth-order valence-corrected chi connectivity index (χ4v) is 5.53. The van der Waals surface area contributed by atoms with E-state index in [2.05, 4.69) is 15.2 Å². The zero-order valence-corrected chi connectivity index (χ0v) is 19.2. The zero-order valence-electron chi connectivity index (χ0n) is 16.8. The van der Waals surface area contributed by atoms with Gasteiger partial charge in [-0.2, -0.15) is 0 Å². The lowest BCUT2D eigenvalue weighted by Crippen LogP contribution is -2.19. The van der Waals surface area contributed by atoms with Crippen molar-refractivity contribution in [1.29, 1.82) is 0 Å². The van der Waals surface area contributed by atoms with Crippen LogP contribution in [0.25, 0.3) is 0 Å². The molecule has 170 valence electrons. The molecular weight excluding hydrogens is 482 g/mol. The predicted molar refractivity (Wildman–Crippen MR) is 117 cm³/mol. The van der Waals surface area contributed by atoms with Crippen LogP contribution in [0.3, 0.4) is 0 Å². The molecule has 1 unspecified atom stereocenters. The van der Waals surface area contributed by atoms with Gasteiger partial charge in [-0.3, -0.25) is 4.79 Å². The summed E-state index contributed by atoms with van der Waals surface area (Å²) >= 11 is 6.94. The molecule has 3 aromatic rings. The highest BCUT2D eigenvalue weighted by Gasteiger charge is 2.28. The van der Waals surface area contributed by atoms with Gasteiger partial charge >= 0.3 is 0 Å². The molecule has 0 radical (unpaired) electrons. The number of ether oxygens (including phenoxy) is 2. The van der Waals surface area contributed by atoms with Gasteiger partial charge in [0, 0.05) is 18.2 Å². The van der Waals surface area contributed by atoms with Gasteiger partial charge in [0.05, 0.1) is 6.10 Å². The van der Waals surface area contributed by atoms with Gasteiger partial charge in [-0.25, -0.2) is 13.1 Å². The number of aliphatic hydroxyl groups excluding tert-OH is 1. The molecule has 1 atom stereocenters. The van der Waals surface area contributed by atoms with E-state index < -0.39 is 22.0 Å². The second-order valence-corrected chi connectivity index (χ2v) is 9.95. The first kappa shape index (κ1) is 22.4. The molecule has 1 aromatic carbocycles. The maximum Gasteiger partial charge on any atom is 0.267 e. The van der Waals surface area contributed by atoms with Gasteiger partial charge in [0.1, 0.15) is 20.5 Å². The Bertz CT molecular complexity index is 1280.